The third kappa shape index (κ3) is 2.03. The van der Waals surface area contributed by atoms with Crippen molar-refractivity contribution in [2.75, 3.05) is 13.7 Å². The molecule has 0 saturated heterocycles. The van der Waals surface area contributed by atoms with Gasteiger partial charge in [-0.25, -0.2) is 4.79 Å². The number of para-hydroxylation sites is 1. The fourth-order valence-electron chi connectivity index (χ4n) is 4.61. The molecule has 0 saturated carbocycles. The van der Waals surface area contributed by atoms with Crippen LogP contribution in [0.3, 0.4) is 0 Å². The van der Waals surface area contributed by atoms with Gasteiger partial charge < -0.3 is 14.5 Å². The molecule has 0 radical (unpaired) electrons. The number of aromatic nitrogens is 2. The van der Waals surface area contributed by atoms with Gasteiger partial charge in [-0.3, -0.25) is 0 Å². The number of pyridine rings is 1. The molecule has 0 amide bonds. The van der Waals surface area contributed by atoms with Gasteiger partial charge in [-0.05, 0) is 13.0 Å². The van der Waals surface area contributed by atoms with E-state index in [1.807, 2.05) is 6.07 Å². The van der Waals surface area contributed by atoms with Gasteiger partial charge in [-0.2, -0.15) is 4.57 Å². The van der Waals surface area contributed by atoms with Gasteiger partial charge in [0.15, 0.2) is 12.7 Å². The molecule has 0 aliphatic carbocycles. The molecule has 2 atom stereocenters. The Bertz CT molecular complexity index is 1080. The second-order valence-corrected chi connectivity index (χ2v) is 7.64. The van der Waals surface area contributed by atoms with E-state index < -0.39 is 0 Å². The Morgan fingerprint density at radius 1 is 1.31 bits per heavy atom. The summed E-state index contributed by atoms with van der Waals surface area (Å²) >= 11 is 0. The van der Waals surface area contributed by atoms with Gasteiger partial charge in [0.05, 0.1) is 31.0 Å². The molecule has 132 valence electrons. The van der Waals surface area contributed by atoms with Crippen LogP contribution < -0.4 is 4.57 Å². The highest BCUT2D eigenvalue weighted by atomic mass is 16.5. The topological polar surface area (TPSA) is 55.2 Å². The first kappa shape index (κ1) is 15.4. The van der Waals surface area contributed by atoms with Gasteiger partial charge in [0.1, 0.15) is 5.52 Å². The molecule has 5 rings (SSSR count). The number of nitrogens with one attached hydrogen (secondary N) is 1. The van der Waals surface area contributed by atoms with Gasteiger partial charge in [-0.15, -0.1) is 0 Å². The standard InChI is InChI=1S/C21H20N2O3/c1-21-11-23-8-7-14-13-5-3-4-6-17(13)22-19(14)18(23)9-16(21)15(10-26-12-21)20(24)25-2/h3-8,10,16H,9,11-12H2,1-2H3/p+1. The Balaban J connectivity index is 1.70. The number of fused-ring (bicyclic) bond motifs is 6. The maximum atomic E-state index is 12.3. The molecule has 26 heavy (non-hydrogen) atoms. The molecular weight excluding hydrogens is 328 g/mol. The average molecular weight is 349 g/mol. The van der Waals surface area contributed by atoms with Crippen molar-refractivity contribution in [3.63, 3.8) is 0 Å². The van der Waals surface area contributed by atoms with Gasteiger partial charge in [0.2, 0.25) is 5.69 Å². The average Bonchev–Trinajstić information content (AvgIpc) is 3.04. The lowest BCUT2D eigenvalue weighted by atomic mass is 9.68. The maximum absolute atomic E-state index is 12.3. The quantitative estimate of drug-likeness (QED) is 0.543. The van der Waals surface area contributed by atoms with Crippen LogP contribution in [-0.2, 0) is 27.2 Å². The van der Waals surface area contributed by atoms with E-state index in [4.69, 9.17) is 9.47 Å². The number of nitrogens with zero attached hydrogens (tertiary/aromatic N) is 1. The normalized spacial score (nSPS) is 24.5. The van der Waals surface area contributed by atoms with E-state index in [2.05, 4.69) is 46.9 Å². The number of hydrogen-bond acceptors (Lipinski definition) is 3. The van der Waals surface area contributed by atoms with Crippen LogP contribution in [0.25, 0.3) is 21.8 Å². The number of aromatic amines is 1. The predicted octanol–water partition coefficient (Wildman–Crippen LogP) is 2.87. The minimum atomic E-state index is -0.293. The number of benzene rings is 1. The summed E-state index contributed by atoms with van der Waals surface area (Å²) in [7, 11) is 1.43. The zero-order valence-electron chi connectivity index (χ0n) is 14.9. The van der Waals surface area contributed by atoms with Crippen molar-refractivity contribution < 1.29 is 18.8 Å². The van der Waals surface area contributed by atoms with Crippen LogP contribution in [-0.4, -0.2) is 24.7 Å². The molecule has 5 heteroatoms. The van der Waals surface area contributed by atoms with Crippen LogP contribution in [0, 0.1) is 11.3 Å². The van der Waals surface area contributed by atoms with E-state index in [0.29, 0.717) is 12.2 Å². The number of H-pyrrole nitrogens is 1. The molecule has 4 heterocycles. The molecule has 0 fully saturated rings. The van der Waals surface area contributed by atoms with E-state index in [-0.39, 0.29) is 17.3 Å². The van der Waals surface area contributed by atoms with E-state index in [1.54, 1.807) is 6.26 Å². The molecule has 5 nitrogen and oxygen atoms in total. The number of carbonyl (C=O) groups is 1. The monoisotopic (exact) mass is 349 g/mol. The van der Waals surface area contributed by atoms with Crippen LogP contribution in [0.2, 0.25) is 0 Å². The number of hydrogen-bond donors (Lipinski definition) is 1. The van der Waals surface area contributed by atoms with Gasteiger partial charge in [0, 0.05) is 34.7 Å². The van der Waals surface area contributed by atoms with Crippen molar-refractivity contribution in [2.45, 2.75) is 19.9 Å². The fraction of sp³-hybridized carbons (Fsp3) is 0.333. The van der Waals surface area contributed by atoms with Crippen LogP contribution >= 0.6 is 0 Å². The minimum absolute atomic E-state index is 0.0840. The highest BCUT2D eigenvalue weighted by Crippen LogP contribution is 2.43. The molecular formula is C21H21N2O3+. The molecule has 2 aliphatic heterocycles. The highest BCUT2D eigenvalue weighted by Gasteiger charge is 2.50. The summed E-state index contributed by atoms with van der Waals surface area (Å²) in [6.07, 6.45) is 4.54. The number of methoxy groups -OCH3 is 1. The molecule has 3 aromatic rings. The molecule has 2 unspecified atom stereocenters. The Labute approximate surface area is 151 Å². The summed E-state index contributed by atoms with van der Waals surface area (Å²) in [5, 5.41) is 2.46. The summed E-state index contributed by atoms with van der Waals surface area (Å²) in [5.74, 6) is -0.209. The van der Waals surface area contributed by atoms with E-state index >= 15 is 0 Å². The number of carbonyl (C=O) groups excluding carboxylic acids is 1. The third-order valence-corrected chi connectivity index (χ3v) is 5.99. The van der Waals surface area contributed by atoms with Gasteiger partial charge >= 0.3 is 5.97 Å². The van der Waals surface area contributed by atoms with Crippen LogP contribution in [0.1, 0.15) is 12.6 Å². The Morgan fingerprint density at radius 3 is 3.00 bits per heavy atom. The van der Waals surface area contributed by atoms with Crippen molar-refractivity contribution in [1.29, 1.82) is 0 Å². The highest BCUT2D eigenvalue weighted by molar-refractivity contribution is 6.07. The first-order valence-electron chi connectivity index (χ1n) is 8.92. The lowest BCUT2D eigenvalue weighted by Crippen LogP contribution is -2.57. The second kappa shape index (κ2) is 5.34. The molecule has 0 bridgehead atoms. The summed E-state index contributed by atoms with van der Waals surface area (Å²) < 4.78 is 13.0. The Morgan fingerprint density at radius 2 is 2.15 bits per heavy atom. The number of ether oxygens (including phenoxy) is 2. The SMILES string of the molecule is COC(=O)C1=COCC2(C)C[n+]3ccc4c([nH]c5ccccc54)c3CC12. The second-order valence-electron chi connectivity index (χ2n) is 7.64. The van der Waals surface area contributed by atoms with E-state index in [9.17, 15) is 4.79 Å². The van der Waals surface area contributed by atoms with Crippen LogP contribution in [0.5, 0.6) is 0 Å². The molecule has 1 N–H and O–H groups in total. The predicted molar refractivity (Wildman–Crippen MR) is 97.4 cm³/mol. The number of rotatable bonds is 1. The van der Waals surface area contributed by atoms with Crippen LogP contribution in [0.15, 0.2) is 48.4 Å². The zero-order chi connectivity index (χ0) is 17.9. The summed E-state index contributed by atoms with van der Waals surface area (Å²) in [5.41, 5.74) is 4.04. The largest absolute Gasteiger partial charge is 0.500 e. The summed E-state index contributed by atoms with van der Waals surface area (Å²) in [4.78, 5) is 15.9. The lowest BCUT2D eigenvalue weighted by molar-refractivity contribution is -0.724. The van der Waals surface area contributed by atoms with Crippen molar-refractivity contribution in [3.8, 4) is 0 Å². The molecule has 2 aromatic heterocycles. The maximum Gasteiger partial charge on any atom is 0.337 e. The van der Waals surface area contributed by atoms with Gasteiger partial charge in [-0.1, -0.05) is 18.2 Å². The first-order chi connectivity index (χ1) is 12.6. The minimum Gasteiger partial charge on any atom is -0.500 e. The lowest BCUT2D eigenvalue weighted by Gasteiger charge is -2.40. The molecule has 1 aromatic carbocycles. The molecule has 0 spiro atoms. The fourth-order valence-corrected chi connectivity index (χ4v) is 4.61. The van der Waals surface area contributed by atoms with Gasteiger partial charge in [0.25, 0.3) is 0 Å². The Kier molecular flexibility index (Phi) is 3.17. The van der Waals surface area contributed by atoms with Crippen molar-refractivity contribution in [3.05, 3.63) is 54.1 Å². The summed E-state index contributed by atoms with van der Waals surface area (Å²) in [6, 6.07) is 10.5. The van der Waals surface area contributed by atoms with Crippen molar-refractivity contribution in [2.24, 2.45) is 11.3 Å². The number of esters is 1. The smallest absolute Gasteiger partial charge is 0.337 e. The zero-order valence-corrected chi connectivity index (χ0v) is 14.9. The summed E-state index contributed by atoms with van der Waals surface area (Å²) in [6.45, 7) is 3.61. The first-order valence-corrected chi connectivity index (χ1v) is 8.92. The van der Waals surface area contributed by atoms with Crippen molar-refractivity contribution in [1.82, 2.24) is 4.98 Å². The van der Waals surface area contributed by atoms with E-state index in [1.165, 1.54) is 23.6 Å². The molecule has 2 aliphatic rings. The van der Waals surface area contributed by atoms with E-state index in [0.717, 1.165) is 24.0 Å². The Hall–Kier alpha value is -2.82. The third-order valence-electron chi connectivity index (χ3n) is 5.99. The van der Waals surface area contributed by atoms with Crippen LogP contribution in [0.4, 0.5) is 0 Å². The van der Waals surface area contributed by atoms with Crippen molar-refractivity contribution >= 4 is 27.8 Å².